The molecule has 1 N–H and O–H groups in total. The maximum atomic E-state index is 10.8. The topological polar surface area (TPSA) is 68.7 Å². The van der Waals surface area contributed by atoms with Crippen molar-refractivity contribution in [2.24, 2.45) is 0 Å². The highest BCUT2D eigenvalue weighted by atomic mass is 16.5. The Balaban J connectivity index is 2.81. The van der Waals surface area contributed by atoms with Crippen LogP contribution in [0.15, 0.2) is 12.3 Å². The maximum absolute atomic E-state index is 10.8. The molecule has 0 aliphatic heterocycles. The Labute approximate surface area is 94.0 Å². The summed E-state index contributed by atoms with van der Waals surface area (Å²) < 4.78 is 9.87. The highest BCUT2D eigenvalue weighted by Gasteiger charge is 2.17. The van der Waals surface area contributed by atoms with Gasteiger partial charge in [0.1, 0.15) is 0 Å². The second-order valence-electron chi connectivity index (χ2n) is 3.44. The Kier molecular flexibility index (Phi) is 4.25. The Bertz CT molecular complexity index is 378. The number of methoxy groups -OCH3 is 2. The van der Waals surface area contributed by atoms with Crippen molar-refractivity contribution in [2.45, 2.75) is 19.4 Å². The lowest BCUT2D eigenvalue weighted by Crippen LogP contribution is -2.24. The number of carboxylic acid groups (broad SMARTS) is 1. The number of rotatable bonds is 5. The standard InChI is InChI=1S/C11H15NO4/c1-7-4-8(6-12-10(7)16-3)5-9(15-2)11(13)14/h4,6,9H,5H2,1-3H3,(H,13,14). The molecular weight excluding hydrogens is 210 g/mol. The molecule has 0 radical (unpaired) electrons. The predicted octanol–water partition coefficient (Wildman–Crippen LogP) is 1.04. The van der Waals surface area contributed by atoms with Gasteiger partial charge in [0.25, 0.3) is 0 Å². The molecular formula is C11H15NO4. The molecule has 0 amide bonds. The molecule has 0 aliphatic carbocycles. The van der Waals surface area contributed by atoms with E-state index < -0.39 is 12.1 Å². The quantitative estimate of drug-likeness (QED) is 0.810. The molecule has 0 spiro atoms. The van der Waals surface area contributed by atoms with Crippen molar-refractivity contribution in [2.75, 3.05) is 14.2 Å². The van der Waals surface area contributed by atoms with Crippen molar-refractivity contribution in [3.63, 3.8) is 0 Å². The lowest BCUT2D eigenvalue weighted by molar-refractivity contribution is -0.148. The van der Waals surface area contributed by atoms with E-state index in [-0.39, 0.29) is 0 Å². The molecule has 0 bridgehead atoms. The van der Waals surface area contributed by atoms with Gasteiger partial charge in [0.15, 0.2) is 6.10 Å². The fourth-order valence-corrected chi connectivity index (χ4v) is 1.43. The van der Waals surface area contributed by atoms with Crippen molar-refractivity contribution in [1.29, 1.82) is 0 Å². The normalized spacial score (nSPS) is 12.2. The van der Waals surface area contributed by atoms with Gasteiger partial charge in [-0.1, -0.05) is 0 Å². The van der Waals surface area contributed by atoms with Crippen molar-refractivity contribution in [1.82, 2.24) is 4.98 Å². The van der Waals surface area contributed by atoms with Crippen molar-refractivity contribution >= 4 is 5.97 Å². The first-order chi connectivity index (χ1) is 7.58. The van der Waals surface area contributed by atoms with Gasteiger partial charge in [-0.05, 0) is 18.6 Å². The molecule has 16 heavy (non-hydrogen) atoms. The van der Waals surface area contributed by atoms with Crippen LogP contribution in [0.3, 0.4) is 0 Å². The summed E-state index contributed by atoms with van der Waals surface area (Å²) >= 11 is 0. The van der Waals surface area contributed by atoms with Crippen LogP contribution >= 0.6 is 0 Å². The molecule has 1 atom stereocenters. The lowest BCUT2D eigenvalue weighted by Gasteiger charge is -2.11. The third-order valence-electron chi connectivity index (χ3n) is 2.26. The first-order valence-electron chi connectivity index (χ1n) is 4.83. The lowest BCUT2D eigenvalue weighted by atomic mass is 10.1. The molecule has 0 fully saturated rings. The minimum Gasteiger partial charge on any atom is -0.481 e. The molecule has 0 saturated carbocycles. The third-order valence-corrected chi connectivity index (χ3v) is 2.26. The minimum absolute atomic E-state index is 0.295. The Morgan fingerprint density at radius 3 is 2.69 bits per heavy atom. The van der Waals surface area contributed by atoms with Crippen molar-refractivity contribution in [3.05, 3.63) is 23.4 Å². The molecule has 1 aromatic rings. The van der Waals surface area contributed by atoms with Gasteiger partial charge in [-0.2, -0.15) is 0 Å². The van der Waals surface area contributed by atoms with E-state index in [9.17, 15) is 4.79 Å². The van der Waals surface area contributed by atoms with Crippen LogP contribution in [0, 0.1) is 6.92 Å². The van der Waals surface area contributed by atoms with E-state index in [1.54, 1.807) is 13.3 Å². The largest absolute Gasteiger partial charge is 0.481 e. The maximum Gasteiger partial charge on any atom is 0.333 e. The van der Waals surface area contributed by atoms with Crippen LogP contribution in [0.5, 0.6) is 5.88 Å². The Hall–Kier alpha value is -1.62. The fourth-order valence-electron chi connectivity index (χ4n) is 1.43. The average Bonchev–Trinajstić information content (AvgIpc) is 2.25. The van der Waals surface area contributed by atoms with Crippen LogP contribution in [-0.4, -0.2) is 36.4 Å². The van der Waals surface area contributed by atoms with Gasteiger partial charge in [0.05, 0.1) is 7.11 Å². The number of carbonyl (C=O) groups is 1. The van der Waals surface area contributed by atoms with Gasteiger partial charge in [-0.15, -0.1) is 0 Å². The van der Waals surface area contributed by atoms with Crippen molar-refractivity contribution < 1.29 is 19.4 Å². The van der Waals surface area contributed by atoms with Gasteiger partial charge in [0, 0.05) is 25.3 Å². The number of pyridine rings is 1. The number of aryl methyl sites for hydroxylation is 1. The monoisotopic (exact) mass is 225 g/mol. The van der Waals surface area contributed by atoms with Gasteiger partial charge < -0.3 is 14.6 Å². The molecule has 0 aliphatic rings. The van der Waals surface area contributed by atoms with Crippen LogP contribution in [-0.2, 0) is 16.0 Å². The zero-order valence-corrected chi connectivity index (χ0v) is 9.56. The van der Waals surface area contributed by atoms with Crippen LogP contribution in [0.2, 0.25) is 0 Å². The average molecular weight is 225 g/mol. The van der Waals surface area contributed by atoms with E-state index in [0.717, 1.165) is 11.1 Å². The Morgan fingerprint density at radius 1 is 1.56 bits per heavy atom. The molecule has 1 heterocycles. The zero-order valence-electron chi connectivity index (χ0n) is 9.56. The van der Waals surface area contributed by atoms with Crippen LogP contribution < -0.4 is 4.74 Å². The highest BCUT2D eigenvalue weighted by Crippen LogP contribution is 2.16. The first-order valence-corrected chi connectivity index (χ1v) is 4.83. The fraction of sp³-hybridized carbons (Fsp3) is 0.455. The number of ether oxygens (including phenoxy) is 2. The summed E-state index contributed by atoms with van der Waals surface area (Å²) in [6.45, 7) is 1.86. The second-order valence-corrected chi connectivity index (χ2v) is 3.44. The van der Waals surface area contributed by atoms with E-state index in [0.29, 0.717) is 12.3 Å². The number of nitrogens with zero attached hydrogens (tertiary/aromatic N) is 1. The number of aliphatic carboxylic acids is 1. The number of hydrogen-bond acceptors (Lipinski definition) is 4. The number of hydrogen-bond donors (Lipinski definition) is 1. The molecule has 5 nitrogen and oxygen atoms in total. The first kappa shape index (κ1) is 12.4. The molecule has 1 unspecified atom stereocenters. The van der Waals surface area contributed by atoms with E-state index in [2.05, 4.69) is 4.98 Å². The summed E-state index contributed by atoms with van der Waals surface area (Å²) in [5.41, 5.74) is 1.69. The SMILES string of the molecule is COc1ncc(CC(OC)C(=O)O)cc1C. The number of carboxylic acids is 1. The van der Waals surface area contributed by atoms with Crippen LogP contribution in [0.4, 0.5) is 0 Å². The molecule has 1 rings (SSSR count). The van der Waals surface area contributed by atoms with Gasteiger partial charge in [-0.3, -0.25) is 0 Å². The molecule has 0 aromatic carbocycles. The van der Waals surface area contributed by atoms with Gasteiger partial charge in [0.2, 0.25) is 5.88 Å². The van der Waals surface area contributed by atoms with E-state index in [1.165, 1.54) is 7.11 Å². The van der Waals surface area contributed by atoms with Crippen LogP contribution in [0.1, 0.15) is 11.1 Å². The van der Waals surface area contributed by atoms with E-state index in [4.69, 9.17) is 14.6 Å². The van der Waals surface area contributed by atoms with Gasteiger partial charge in [-0.25, -0.2) is 9.78 Å². The summed E-state index contributed by atoms with van der Waals surface area (Å²) in [5, 5.41) is 8.83. The minimum atomic E-state index is -0.976. The van der Waals surface area contributed by atoms with E-state index in [1.807, 2.05) is 13.0 Å². The highest BCUT2D eigenvalue weighted by molar-refractivity contribution is 5.72. The molecule has 88 valence electrons. The second kappa shape index (κ2) is 5.46. The summed E-state index contributed by atoms with van der Waals surface area (Å²) in [6, 6.07) is 1.85. The number of aromatic nitrogens is 1. The van der Waals surface area contributed by atoms with E-state index >= 15 is 0 Å². The van der Waals surface area contributed by atoms with Gasteiger partial charge >= 0.3 is 5.97 Å². The smallest absolute Gasteiger partial charge is 0.333 e. The summed E-state index contributed by atoms with van der Waals surface area (Å²) in [7, 11) is 2.92. The summed E-state index contributed by atoms with van der Waals surface area (Å²) in [4.78, 5) is 14.8. The molecule has 5 heteroatoms. The zero-order chi connectivity index (χ0) is 12.1. The predicted molar refractivity (Wildman–Crippen MR) is 57.7 cm³/mol. The molecule has 1 aromatic heterocycles. The third kappa shape index (κ3) is 2.93. The summed E-state index contributed by atoms with van der Waals surface area (Å²) in [5.74, 6) is -0.427. The summed E-state index contributed by atoms with van der Waals surface area (Å²) in [6.07, 6.45) is 1.05. The molecule has 0 saturated heterocycles. The van der Waals surface area contributed by atoms with Crippen molar-refractivity contribution in [3.8, 4) is 5.88 Å². The Morgan fingerprint density at radius 2 is 2.25 bits per heavy atom. The van der Waals surface area contributed by atoms with Crippen LogP contribution in [0.25, 0.3) is 0 Å².